The normalized spacial score (nSPS) is 22.1. The van der Waals surface area contributed by atoms with Crippen molar-refractivity contribution in [3.05, 3.63) is 29.3 Å². The molecule has 0 radical (unpaired) electrons. The summed E-state index contributed by atoms with van der Waals surface area (Å²) in [6, 6.07) is 6.88. The first kappa shape index (κ1) is 14.2. The lowest BCUT2D eigenvalue weighted by atomic mass is 10.0. The SMILES string of the molecule is N#Cc1cc(C(F)(F)F)ccc1NC1CCCC1C#N. The number of benzene rings is 1. The van der Waals surface area contributed by atoms with Gasteiger partial charge in [0.05, 0.1) is 28.8 Å². The van der Waals surface area contributed by atoms with Gasteiger partial charge in [-0.25, -0.2) is 0 Å². The lowest BCUT2D eigenvalue weighted by molar-refractivity contribution is -0.137. The Morgan fingerprint density at radius 3 is 2.55 bits per heavy atom. The van der Waals surface area contributed by atoms with Gasteiger partial charge >= 0.3 is 6.18 Å². The maximum absolute atomic E-state index is 12.6. The minimum atomic E-state index is -4.47. The van der Waals surface area contributed by atoms with E-state index in [9.17, 15) is 13.2 Å². The molecule has 2 unspecified atom stereocenters. The van der Waals surface area contributed by atoms with E-state index in [1.165, 1.54) is 6.07 Å². The molecule has 104 valence electrons. The molecule has 0 bridgehead atoms. The van der Waals surface area contributed by atoms with E-state index in [2.05, 4.69) is 11.4 Å². The molecule has 1 aliphatic rings. The maximum Gasteiger partial charge on any atom is 0.416 e. The van der Waals surface area contributed by atoms with Gasteiger partial charge in [0.25, 0.3) is 0 Å². The van der Waals surface area contributed by atoms with Crippen LogP contribution in [-0.4, -0.2) is 6.04 Å². The second-order valence-corrected chi connectivity index (χ2v) is 4.79. The number of anilines is 1. The van der Waals surface area contributed by atoms with E-state index in [1.807, 2.05) is 0 Å². The number of alkyl halides is 3. The van der Waals surface area contributed by atoms with Gasteiger partial charge in [-0.05, 0) is 37.5 Å². The van der Waals surface area contributed by atoms with Gasteiger partial charge in [0.1, 0.15) is 6.07 Å². The van der Waals surface area contributed by atoms with E-state index < -0.39 is 11.7 Å². The molecular weight excluding hydrogens is 267 g/mol. The van der Waals surface area contributed by atoms with E-state index in [1.54, 1.807) is 6.07 Å². The van der Waals surface area contributed by atoms with Crippen LogP contribution in [0.25, 0.3) is 0 Å². The van der Waals surface area contributed by atoms with Crippen molar-refractivity contribution in [1.29, 1.82) is 10.5 Å². The zero-order valence-corrected chi connectivity index (χ0v) is 10.5. The number of rotatable bonds is 2. The van der Waals surface area contributed by atoms with Crippen LogP contribution in [0.4, 0.5) is 18.9 Å². The Labute approximate surface area is 114 Å². The van der Waals surface area contributed by atoms with Crippen molar-refractivity contribution in [2.75, 3.05) is 5.32 Å². The summed E-state index contributed by atoms with van der Waals surface area (Å²) in [6.45, 7) is 0. The second kappa shape index (κ2) is 5.42. The van der Waals surface area contributed by atoms with E-state index in [0.717, 1.165) is 31.4 Å². The second-order valence-electron chi connectivity index (χ2n) is 4.79. The van der Waals surface area contributed by atoms with Crippen LogP contribution < -0.4 is 5.32 Å². The van der Waals surface area contributed by atoms with Crippen molar-refractivity contribution in [2.45, 2.75) is 31.5 Å². The Bertz CT molecular complexity index is 581. The third-order valence-electron chi connectivity index (χ3n) is 3.49. The molecule has 1 aliphatic carbocycles. The van der Waals surface area contributed by atoms with Crippen LogP contribution in [0, 0.1) is 28.6 Å². The van der Waals surface area contributed by atoms with Crippen molar-refractivity contribution >= 4 is 5.69 Å². The molecule has 3 nitrogen and oxygen atoms in total. The van der Waals surface area contributed by atoms with E-state index in [4.69, 9.17) is 10.5 Å². The molecule has 20 heavy (non-hydrogen) atoms. The minimum Gasteiger partial charge on any atom is -0.380 e. The standard InChI is InChI=1S/C14H12F3N3/c15-14(16,17)11-4-5-13(10(6-11)8-19)20-12-3-1-2-9(12)7-18/h4-6,9,12,20H,1-3H2. The number of nitriles is 2. The summed E-state index contributed by atoms with van der Waals surface area (Å²) in [4.78, 5) is 0. The number of hydrogen-bond acceptors (Lipinski definition) is 3. The zero-order chi connectivity index (χ0) is 14.8. The van der Waals surface area contributed by atoms with Gasteiger partial charge in [-0.3, -0.25) is 0 Å². The van der Waals surface area contributed by atoms with Crippen molar-refractivity contribution in [2.24, 2.45) is 5.92 Å². The molecular formula is C14H12F3N3. The molecule has 0 saturated heterocycles. The van der Waals surface area contributed by atoms with Gasteiger partial charge < -0.3 is 5.32 Å². The molecule has 6 heteroatoms. The highest BCUT2D eigenvalue weighted by molar-refractivity contribution is 5.59. The monoisotopic (exact) mass is 279 g/mol. The first-order valence-corrected chi connectivity index (χ1v) is 6.23. The molecule has 0 heterocycles. The summed E-state index contributed by atoms with van der Waals surface area (Å²) >= 11 is 0. The molecule has 2 rings (SSSR count). The Kier molecular flexibility index (Phi) is 3.85. The first-order valence-electron chi connectivity index (χ1n) is 6.23. The Balaban J connectivity index is 2.25. The third kappa shape index (κ3) is 2.85. The number of hydrogen-bond donors (Lipinski definition) is 1. The molecule has 1 N–H and O–H groups in total. The van der Waals surface area contributed by atoms with Crippen LogP contribution in [0.1, 0.15) is 30.4 Å². The molecule has 2 atom stereocenters. The van der Waals surface area contributed by atoms with Crippen molar-refractivity contribution < 1.29 is 13.2 Å². The molecule has 1 saturated carbocycles. The van der Waals surface area contributed by atoms with Crippen LogP contribution in [0.5, 0.6) is 0 Å². The van der Waals surface area contributed by atoms with Crippen molar-refractivity contribution in [3.8, 4) is 12.1 Å². The first-order chi connectivity index (χ1) is 9.45. The van der Waals surface area contributed by atoms with Crippen LogP contribution in [0.15, 0.2) is 18.2 Å². The van der Waals surface area contributed by atoms with Gasteiger partial charge in [-0.2, -0.15) is 23.7 Å². The molecule has 1 fully saturated rings. The van der Waals surface area contributed by atoms with Gasteiger partial charge in [-0.1, -0.05) is 0 Å². The third-order valence-corrected chi connectivity index (χ3v) is 3.49. The molecule has 0 aromatic heterocycles. The molecule has 1 aromatic carbocycles. The fourth-order valence-corrected chi connectivity index (χ4v) is 2.43. The van der Waals surface area contributed by atoms with Crippen LogP contribution in [0.2, 0.25) is 0 Å². The van der Waals surface area contributed by atoms with Crippen molar-refractivity contribution in [3.63, 3.8) is 0 Å². The summed E-state index contributed by atoms with van der Waals surface area (Å²) in [6.07, 6.45) is -2.01. The molecule has 0 aliphatic heterocycles. The predicted octanol–water partition coefficient (Wildman–Crippen LogP) is 3.68. The Hall–Kier alpha value is -2.21. The lowest BCUT2D eigenvalue weighted by Crippen LogP contribution is -2.23. The summed E-state index contributed by atoms with van der Waals surface area (Å²) in [5.74, 6) is -0.163. The molecule has 0 amide bonds. The smallest absolute Gasteiger partial charge is 0.380 e. The summed E-state index contributed by atoms with van der Waals surface area (Å²) in [5, 5.41) is 21.0. The summed E-state index contributed by atoms with van der Waals surface area (Å²) in [7, 11) is 0. The average Bonchev–Trinajstić information content (AvgIpc) is 2.85. The minimum absolute atomic E-state index is 0.0524. The quantitative estimate of drug-likeness (QED) is 0.898. The van der Waals surface area contributed by atoms with Gasteiger partial charge in [0.15, 0.2) is 0 Å². The average molecular weight is 279 g/mol. The zero-order valence-electron chi connectivity index (χ0n) is 10.5. The topological polar surface area (TPSA) is 59.6 Å². The molecule has 0 spiro atoms. The van der Waals surface area contributed by atoms with Gasteiger partial charge in [0.2, 0.25) is 0 Å². The maximum atomic E-state index is 12.6. The van der Waals surface area contributed by atoms with Crippen molar-refractivity contribution in [1.82, 2.24) is 0 Å². The van der Waals surface area contributed by atoms with Crippen LogP contribution in [-0.2, 0) is 6.18 Å². The highest BCUT2D eigenvalue weighted by atomic mass is 19.4. The van der Waals surface area contributed by atoms with E-state index >= 15 is 0 Å². The summed E-state index contributed by atoms with van der Waals surface area (Å²) < 4.78 is 37.8. The number of nitrogens with zero attached hydrogens (tertiary/aromatic N) is 2. The van der Waals surface area contributed by atoms with E-state index in [0.29, 0.717) is 5.69 Å². The highest BCUT2D eigenvalue weighted by Gasteiger charge is 2.32. The predicted molar refractivity (Wildman–Crippen MR) is 66.5 cm³/mol. The Morgan fingerprint density at radius 2 is 1.95 bits per heavy atom. The lowest BCUT2D eigenvalue weighted by Gasteiger charge is -2.18. The van der Waals surface area contributed by atoms with Gasteiger partial charge in [0, 0.05) is 6.04 Å². The van der Waals surface area contributed by atoms with Crippen LogP contribution in [0.3, 0.4) is 0 Å². The van der Waals surface area contributed by atoms with E-state index in [-0.39, 0.29) is 17.5 Å². The van der Waals surface area contributed by atoms with Gasteiger partial charge in [-0.15, -0.1) is 0 Å². The molecule has 1 aromatic rings. The van der Waals surface area contributed by atoms with Crippen LogP contribution >= 0.6 is 0 Å². The Morgan fingerprint density at radius 1 is 1.20 bits per heavy atom. The number of nitrogens with one attached hydrogen (secondary N) is 1. The fourth-order valence-electron chi connectivity index (χ4n) is 2.43. The largest absolute Gasteiger partial charge is 0.416 e. The summed E-state index contributed by atoms with van der Waals surface area (Å²) in [5.41, 5.74) is -0.543. The fraction of sp³-hybridized carbons (Fsp3) is 0.429. The number of halogens is 3. The highest BCUT2D eigenvalue weighted by Crippen LogP contribution is 2.33.